The van der Waals surface area contributed by atoms with Crippen molar-refractivity contribution in [1.82, 2.24) is 0 Å². The number of rotatable bonds is 1. The first kappa shape index (κ1) is 20.5. The van der Waals surface area contributed by atoms with Crippen molar-refractivity contribution in [2.45, 2.75) is 88.3 Å². The largest absolute Gasteiger partial charge is 0.426 e. The molecule has 0 amide bonds. The van der Waals surface area contributed by atoms with Crippen LogP contribution in [0.25, 0.3) is 0 Å². The first-order valence-electron chi connectivity index (χ1n) is 8.05. The highest BCUT2D eigenvalue weighted by Crippen LogP contribution is 2.50. The van der Waals surface area contributed by atoms with E-state index in [1.54, 1.807) is 0 Å². The van der Waals surface area contributed by atoms with E-state index >= 15 is 0 Å². The average Bonchev–Trinajstić information content (AvgIpc) is 2.39. The fourth-order valence-corrected chi connectivity index (χ4v) is 3.24. The Morgan fingerprint density at radius 3 is 1.35 bits per heavy atom. The molecule has 0 aromatic heterocycles. The molecule has 0 aromatic rings. The van der Waals surface area contributed by atoms with Crippen molar-refractivity contribution >= 4 is 0 Å². The van der Waals surface area contributed by atoms with Crippen LogP contribution in [-0.4, -0.2) is 34.3 Å². The summed E-state index contributed by atoms with van der Waals surface area (Å²) in [5.74, 6) is -2.29. The Labute approximate surface area is 131 Å². The Balaban J connectivity index is 3.06. The maximum Gasteiger partial charge on any atom is 0.426 e. The van der Waals surface area contributed by atoms with Gasteiger partial charge in [0.25, 0.3) is 5.60 Å². The Kier molecular flexibility index (Phi) is 7.19. The molecule has 1 fully saturated rings. The molecule has 0 unspecified atom stereocenters. The topological polar surface area (TPSA) is 40.5 Å². The predicted octanol–water partition coefficient (Wildman–Crippen LogP) is 4.73. The molecule has 1 rings (SSSR count). The standard InChI is InChI=1S/C15H24F6O2/c16-14(17,18)13(23,15(19,20)21)11-9-7-5-3-1-2-4-6-8-10-12(11)22/h11-12,22-23H,1-10H2/t11-,12-/m1/s1. The molecule has 0 saturated heterocycles. The fraction of sp³-hybridized carbons (Fsp3) is 1.00. The molecule has 0 heterocycles. The minimum atomic E-state index is -5.88. The van der Waals surface area contributed by atoms with Gasteiger partial charge < -0.3 is 10.2 Å². The van der Waals surface area contributed by atoms with Crippen molar-refractivity contribution in [3.63, 3.8) is 0 Å². The van der Waals surface area contributed by atoms with Crippen LogP contribution in [0, 0.1) is 5.92 Å². The fourth-order valence-electron chi connectivity index (χ4n) is 3.24. The third-order valence-electron chi connectivity index (χ3n) is 4.63. The Morgan fingerprint density at radius 1 is 0.609 bits per heavy atom. The van der Waals surface area contributed by atoms with Crippen molar-refractivity contribution in [3.05, 3.63) is 0 Å². The maximum atomic E-state index is 13.0. The van der Waals surface area contributed by atoms with Crippen LogP contribution in [-0.2, 0) is 0 Å². The number of hydrogen-bond acceptors (Lipinski definition) is 2. The molecule has 2 N–H and O–H groups in total. The van der Waals surface area contributed by atoms with Crippen molar-refractivity contribution in [2.24, 2.45) is 5.92 Å². The Bertz CT molecular complexity index is 339. The third-order valence-corrected chi connectivity index (χ3v) is 4.63. The molecular formula is C15H24F6O2. The Hall–Kier alpha value is -0.500. The summed E-state index contributed by atoms with van der Waals surface area (Å²) in [5, 5.41) is 19.5. The lowest BCUT2D eigenvalue weighted by molar-refractivity contribution is -0.392. The van der Waals surface area contributed by atoms with Gasteiger partial charge in [0.05, 0.1) is 6.10 Å². The van der Waals surface area contributed by atoms with Crippen molar-refractivity contribution in [2.75, 3.05) is 0 Å². The maximum absolute atomic E-state index is 13.0. The van der Waals surface area contributed by atoms with E-state index < -0.39 is 36.4 Å². The van der Waals surface area contributed by atoms with Crippen molar-refractivity contribution in [3.8, 4) is 0 Å². The zero-order valence-corrected chi connectivity index (χ0v) is 12.9. The molecule has 1 saturated carbocycles. The van der Waals surface area contributed by atoms with Crippen LogP contribution in [0.2, 0.25) is 0 Å². The van der Waals surface area contributed by atoms with Gasteiger partial charge in [-0.25, -0.2) is 0 Å². The second kappa shape index (κ2) is 8.05. The molecule has 1 aliphatic carbocycles. The van der Waals surface area contributed by atoms with Crippen LogP contribution >= 0.6 is 0 Å². The first-order valence-corrected chi connectivity index (χ1v) is 8.05. The highest BCUT2D eigenvalue weighted by molar-refractivity contribution is 5.01. The number of halogens is 6. The summed E-state index contributed by atoms with van der Waals surface area (Å²) >= 11 is 0. The van der Waals surface area contributed by atoms with E-state index in [9.17, 15) is 36.6 Å². The average molecular weight is 350 g/mol. The van der Waals surface area contributed by atoms with E-state index in [1.165, 1.54) is 0 Å². The molecule has 23 heavy (non-hydrogen) atoms. The van der Waals surface area contributed by atoms with Gasteiger partial charge in [-0.3, -0.25) is 0 Å². The van der Waals surface area contributed by atoms with Gasteiger partial charge >= 0.3 is 12.4 Å². The lowest BCUT2D eigenvalue weighted by Crippen LogP contribution is -2.64. The molecule has 1 aliphatic rings. The number of alkyl halides is 6. The number of hydrogen-bond donors (Lipinski definition) is 2. The molecule has 138 valence electrons. The van der Waals surface area contributed by atoms with Gasteiger partial charge in [-0.1, -0.05) is 51.4 Å². The normalized spacial score (nSPS) is 27.1. The summed E-state index contributed by atoms with van der Waals surface area (Å²) in [7, 11) is 0. The van der Waals surface area contributed by atoms with E-state index in [0.717, 1.165) is 25.7 Å². The lowest BCUT2D eigenvalue weighted by Gasteiger charge is -2.41. The summed E-state index contributed by atoms with van der Waals surface area (Å²) in [5.41, 5.74) is -4.87. The summed E-state index contributed by atoms with van der Waals surface area (Å²) in [6.07, 6.45) is -9.18. The number of aliphatic hydroxyl groups is 2. The van der Waals surface area contributed by atoms with Gasteiger partial charge in [0.15, 0.2) is 0 Å². The zero-order valence-electron chi connectivity index (χ0n) is 12.9. The molecular weight excluding hydrogens is 326 g/mol. The molecule has 0 aliphatic heterocycles. The van der Waals surface area contributed by atoms with Crippen LogP contribution < -0.4 is 0 Å². The second-order valence-corrected chi connectivity index (χ2v) is 6.34. The van der Waals surface area contributed by atoms with E-state index in [-0.39, 0.29) is 12.8 Å². The molecule has 0 radical (unpaired) electrons. The van der Waals surface area contributed by atoms with Gasteiger partial charge in [0.1, 0.15) is 0 Å². The predicted molar refractivity (Wildman–Crippen MR) is 72.7 cm³/mol. The molecule has 0 aromatic carbocycles. The first-order chi connectivity index (χ1) is 10.5. The number of aliphatic hydroxyl groups excluding tert-OH is 1. The van der Waals surface area contributed by atoms with Gasteiger partial charge in [-0.15, -0.1) is 0 Å². The molecule has 0 spiro atoms. The van der Waals surface area contributed by atoms with E-state index in [0.29, 0.717) is 19.3 Å². The summed E-state index contributed by atoms with van der Waals surface area (Å²) < 4.78 is 78.2. The van der Waals surface area contributed by atoms with Gasteiger partial charge in [-0.05, 0) is 12.8 Å². The van der Waals surface area contributed by atoms with Gasteiger partial charge in [0.2, 0.25) is 0 Å². The molecule has 0 bridgehead atoms. The second-order valence-electron chi connectivity index (χ2n) is 6.34. The van der Waals surface area contributed by atoms with Gasteiger partial charge in [0, 0.05) is 5.92 Å². The molecule has 2 atom stereocenters. The van der Waals surface area contributed by atoms with Crippen LogP contribution in [0.4, 0.5) is 26.3 Å². The monoisotopic (exact) mass is 350 g/mol. The van der Waals surface area contributed by atoms with E-state index in [4.69, 9.17) is 0 Å². The summed E-state index contributed by atoms with van der Waals surface area (Å²) in [6, 6.07) is 0. The van der Waals surface area contributed by atoms with Crippen molar-refractivity contribution in [1.29, 1.82) is 0 Å². The molecule has 2 nitrogen and oxygen atoms in total. The van der Waals surface area contributed by atoms with Gasteiger partial charge in [-0.2, -0.15) is 26.3 Å². The van der Waals surface area contributed by atoms with Crippen LogP contribution in [0.3, 0.4) is 0 Å². The zero-order chi connectivity index (χ0) is 17.7. The Morgan fingerprint density at radius 2 is 0.957 bits per heavy atom. The smallest absolute Gasteiger partial charge is 0.393 e. The van der Waals surface area contributed by atoms with Crippen LogP contribution in [0.15, 0.2) is 0 Å². The van der Waals surface area contributed by atoms with Crippen LogP contribution in [0.5, 0.6) is 0 Å². The minimum Gasteiger partial charge on any atom is -0.393 e. The molecule has 8 heteroatoms. The van der Waals surface area contributed by atoms with E-state index in [1.807, 2.05) is 0 Å². The third kappa shape index (κ3) is 4.98. The van der Waals surface area contributed by atoms with Crippen molar-refractivity contribution < 1.29 is 36.6 Å². The van der Waals surface area contributed by atoms with Crippen LogP contribution in [0.1, 0.15) is 64.2 Å². The van der Waals surface area contributed by atoms with E-state index in [2.05, 4.69) is 0 Å². The summed E-state index contributed by atoms with van der Waals surface area (Å²) in [4.78, 5) is 0. The SMILES string of the molecule is O[C@@H]1CCCCCCCCCC[C@H]1C(O)(C(F)(F)F)C(F)(F)F. The highest BCUT2D eigenvalue weighted by atomic mass is 19.4. The highest BCUT2D eigenvalue weighted by Gasteiger charge is 2.74. The minimum absolute atomic E-state index is 0.121. The summed E-state index contributed by atoms with van der Waals surface area (Å²) in [6.45, 7) is 0. The lowest BCUT2D eigenvalue weighted by atomic mass is 9.76. The quantitative estimate of drug-likeness (QED) is 0.671.